The summed E-state index contributed by atoms with van der Waals surface area (Å²) in [6, 6.07) is 19.0. The highest BCUT2D eigenvalue weighted by molar-refractivity contribution is 7.92. The molecule has 11 heteroatoms. The standard InChI is InChI=1S/C28H40N2O7SSi/c1-27(2,3)37-26(32)30-22(18-19-38(33,34)29-20-25(31)35-7)21-36-39(28(4,5)6,23-14-10-8-11-15-23)24-16-12-9-13-17-24/h8-19,22,29H,20-21H2,1-7H3,(H,30,32)/b19-18+/t22-/m1/s1. The molecule has 0 fully saturated rings. The second kappa shape index (κ2) is 13.4. The van der Waals surface area contributed by atoms with E-state index in [-0.39, 0.29) is 11.6 Å². The molecule has 0 aliphatic rings. The van der Waals surface area contributed by atoms with Crippen molar-refractivity contribution in [2.24, 2.45) is 0 Å². The van der Waals surface area contributed by atoms with Gasteiger partial charge >= 0.3 is 12.1 Å². The molecule has 0 aromatic heterocycles. The minimum Gasteiger partial charge on any atom is -0.468 e. The quantitative estimate of drug-likeness (QED) is 0.312. The topological polar surface area (TPSA) is 120 Å². The molecule has 0 unspecified atom stereocenters. The fourth-order valence-corrected chi connectivity index (χ4v) is 9.46. The van der Waals surface area contributed by atoms with Gasteiger partial charge in [-0.25, -0.2) is 17.9 Å². The lowest BCUT2D eigenvalue weighted by Crippen LogP contribution is -2.67. The summed E-state index contributed by atoms with van der Waals surface area (Å²) in [4.78, 5) is 24.1. The van der Waals surface area contributed by atoms with Crippen LogP contribution < -0.4 is 20.4 Å². The Bertz CT molecular complexity index is 1180. The second-order valence-corrected chi connectivity index (χ2v) is 17.0. The van der Waals surface area contributed by atoms with Gasteiger partial charge in [-0.2, -0.15) is 0 Å². The lowest BCUT2D eigenvalue weighted by molar-refractivity contribution is -0.139. The van der Waals surface area contributed by atoms with Gasteiger partial charge in [0.1, 0.15) is 12.1 Å². The van der Waals surface area contributed by atoms with Gasteiger partial charge < -0.3 is 19.2 Å². The first-order valence-electron chi connectivity index (χ1n) is 12.6. The van der Waals surface area contributed by atoms with E-state index in [9.17, 15) is 18.0 Å². The lowest BCUT2D eigenvalue weighted by atomic mass is 10.2. The Hall–Kier alpha value is -2.99. The number of benzene rings is 2. The van der Waals surface area contributed by atoms with Crippen LogP contribution in [0.15, 0.2) is 72.1 Å². The molecule has 214 valence electrons. The first-order chi connectivity index (χ1) is 18.1. The second-order valence-electron chi connectivity index (χ2n) is 11.0. The number of methoxy groups -OCH3 is 1. The van der Waals surface area contributed by atoms with Crippen LogP contribution in [0.5, 0.6) is 0 Å². The molecule has 0 radical (unpaired) electrons. The van der Waals surface area contributed by atoms with Crippen LogP contribution in [0.3, 0.4) is 0 Å². The van der Waals surface area contributed by atoms with Gasteiger partial charge in [0.15, 0.2) is 0 Å². The van der Waals surface area contributed by atoms with Gasteiger partial charge in [-0.1, -0.05) is 81.4 Å². The number of nitrogens with one attached hydrogen (secondary N) is 2. The molecule has 2 rings (SSSR count). The van der Waals surface area contributed by atoms with E-state index in [1.807, 2.05) is 60.7 Å². The Labute approximate surface area is 233 Å². The maximum absolute atomic E-state index is 12.7. The summed E-state index contributed by atoms with van der Waals surface area (Å²) in [6.45, 7) is 11.0. The van der Waals surface area contributed by atoms with Gasteiger partial charge in [-0.15, -0.1) is 0 Å². The largest absolute Gasteiger partial charge is 0.468 e. The number of hydrogen-bond donors (Lipinski definition) is 2. The molecule has 0 spiro atoms. The zero-order valence-corrected chi connectivity index (χ0v) is 25.5. The predicted molar refractivity (Wildman–Crippen MR) is 155 cm³/mol. The zero-order valence-electron chi connectivity index (χ0n) is 23.7. The molecule has 0 saturated carbocycles. The Kier molecular flexibility index (Phi) is 11.1. The number of ether oxygens (including phenoxy) is 2. The van der Waals surface area contributed by atoms with E-state index in [1.165, 1.54) is 6.08 Å². The summed E-state index contributed by atoms with van der Waals surface area (Å²) in [5, 5.41) is 5.36. The van der Waals surface area contributed by atoms with Crippen LogP contribution in [0.4, 0.5) is 4.79 Å². The van der Waals surface area contributed by atoms with E-state index in [0.717, 1.165) is 22.9 Å². The Morgan fingerprint density at radius 1 is 0.923 bits per heavy atom. The SMILES string of the molecule is COC(=O)CNS(=O)(=O)/C=C/[C@H](CO[Si](c1ccccc1)(c1ccccc1)C(C)(C)C)NC(=O)OC(C)(C)C. The van der Waals surface area contributed by atoms with Gasteiger partial charge in [0, 0.05) is 5.41 Å². The molecule has 0 saturated heterocycles. The molecule has 1 atom stereocenters. The van der Waals surface area contributed by atoms with Crippen LogP contribution in [-0.4, -0.2) is 60.7 Å². The maximum atomic E-state index is 12.7. The molecular formula is C28H40N2O7SSi. The summed E-state index contributed by atoms with van der Waals surface area (Å²) in [7, 11) is -5.82. The Morgan fingerprint density at radius 3 is 1.87 bits per heavy atom. The third-order valence-corrected chi connectivity index (χ3v) is 11.8. The number of hydrogen-bond acceptors (Lipinski definition) is 7. The van der Waals surface area contributed by atoms with Crippen LogP contribution in [0, 0.1) is 0 Å². The van der Waals surface area contributed by atoms with E-state index in [2.05, 4.69) is 35.5 Å². The van der Waals surface area contributed by atoms with E-state index >= 15 is 0 Å². The summed E-state index contributed by atoms with van der Waals surface area (Å²) < 4.78 is 43.9. The highest BCUT2D eigenvalue weighted by Gasteiger charge is 2.50. The average molecular weight is 577 g/mol. The van der Waals surface area contributed by atoms with Crippen molar-refractivity contribution in [1.29, 1.82) is 0 Å². The van der Waals surface area contributed by atoms with E-state index in [4.69, 9.17) is 9.16 Å². The predicted octanol–water partition coefficient (Wildman–Crippen LogP) is 3.06. The van der Waals surface area contributed by atoms with Crippen molar-refractivity contribution in [3.8, 4) is 0 Å². The molecule has 2 aromatic rings. The number of amides is 1. The van der Waals surface area contributed by atoms with Crippen LogP contribution in [0.1, 0.15) is 41.5 Å². The minimum absolute atomic E-state index is 0.0322. The third-order valence-electron chi connectivity index (χ3n) is 5.73. The molecule has 0 aliphatic heterocycles. The molecule has 2 N–H and O–H groups in total. The van der Waals surface area contributed by atoms with Crippen LogP contribution >= 0.6 is 0 Å². The van der Waals surface area contributed by atoms with Crippen LogP contribution in [0.25, 0.3) is 0 Å². The molecule has 1 amide bonds. The van der Waals surface area contributed by atoms with Crippen molar-refractivity contribution in [3.05, 3.63) is 72.1 Å². The van der Waals surface area contributed by atoms with Crippen LogP contribution in [-0.2, 0) is 28.7 Å². The summed E-state index contributed by atoms with van der Waals surface area (Å²) >= 11 is 0. The summed E-state index contributed by atoms with van der Waals surface area (Å²) in [5.41, 5.74) is -0.759. The summed E-state index contributed by atoms with van der Waals surface area (Å²) in [6.07, 6.45) is 0.588. The number of esters is 1. The van der Waals surface area contributed by atoms with Crippen molar-refractivity contribution >= 4 is 40.8 Å². The molecule has 0 bridgehead atoms. The Morgan fingerprint density at radius 2 is 1.44 bits per heavy atom. The number of sulfonamides is 1. The smallest absolute Gasteiger partial charge is 0.408 e. The van der Waals surface area contributed by atoms with Crippen molar-refractivity contribution in [2.45, 2.75) is 58.2 Å². The average Bonchev–Trinajstić information content (AvgIpc) is 2.85. The first-order valence-corrected chi connectivity index (χ1v) is 16.0. The number of carbonyl (C=O) groups excluding carboxylic acids is 2. The Balaban J connectivity index is 2.48. The molecule has 2 aromatic carbocycles. The number of alkyl carbamates (subject to hydrolysis) is 1. The highest BCUT2D eigenvalue weighted by Crippen LogP contribution is 2.36. The summed E-state index contributed by atoms with van der Waals surface area (Å²) in [5.74, 6) is -0.731. The molecule has 0 heterocycles. The van der Waals surface area contributed by atoms with Gasteiger partial charge in [0.05, 0.1) is 19.8 Å². The van der Waals surface area contributed by atoms with Crippen molar-refractivity contribution in [1.82, 2.24) is 10.0 Å². The van der Waals surface area contributed by atoms with E-state index in [1.54, 1.807) is 20.8 Å². The number of carbonyl (C=O) groups is 2. The van der Waals surface area contributed by atoms with E-state index in [0.29, 0.717) is 0 Å². The monoisotopic (exact) mass is 576 g/mol. The highest BCUT2D eigenvalue weighted by atomic mass is 32.2. The lowest BCUT2D eigenvalue weighted by Gasteiger charge is -2.43. The first kappa shape index (κ1) is 32.2. The normalized spacial score (nSPS) is 13.6. The maximum Gasteiger partial charge on any atom is 0.408 e. The van der Waals surface area contributed by atoms with Crippen molar-refractivity contribution in [2.75, 3.05) is 20.3 Å². The van der Waals surface area contributed by atoms with Gasteiger partial charge in [-0.05, 0) is 42.3 Å². The minimum atomic E-state index is -4.01. The molecule has 39 heavy (non-hydrogen) atoms. The zero-order chi connectivity index (χ0) is 29.3. The molecular weight excluding hydrogens is 536 g/mol. The van der Waals surface area contributed by atoms with Gasteiger partial charge in [0.25, 0.3) is 8.32 Å². The van der Waals surface area contributed by atoms with Gasteiger partial charge in [-0.3, -0.25) is 4.79 Å². The molecule has 9 nitrogen and oxygen atoms in total. The number of rotatable bonds is 11. The fraction of sp³-hybridized carbons (Fsp3) is 0.429. The third kappa shape index (κ3) is 9.61. The van der Waals surface area contributed by atoms with Crippen LogP contribution in [0.2, 0.25) is 5.04 Å². The molecule has 0 aliphatic carbocycles. The van der Waals surface area contributed by atoms with Gasteiger partial charge in [0.2, 0.25) is 10.0 Å². The fourth-order valence-electron chi connectivity index (χ4n) is 4.06. The van der Waals surface area contributed by atoms with Crippen molar-refractivity contribution < 1.29 is 31.9 Å². The van der Waals surface area contributed by atoms with E-state index < -0.39 is 48.6 Å². The van der Waals surface area contributed by atoms with Crippen molar-refractivity contribution in [3.63, 3.8) is 0 Å².